The minimum absolute atomic E-state index is 0.188. The third kappa shape index (κ3) is 7.07. The van der Waals surface area contributed by atoms with Crippen LogP contribution in [0, 0.1) is 5.82 Å². The van der Waals surface area contributed by atoms with Gasteiger partial charge in [0.15, 0.2) is 5.13 Å². The maximum atomic E-state index is 13.3. The van der Waals surface area contributed by atoms with E-state index in [1.54, 1.807) is 42.5 Å². The molecular weight excluding hydrogens is 535 g/mol. The van der Waals surface area contributed by atoms with Crippen LogP contribution in [0.4, 0.5) is 15.2 Å². The van der Waals surface area contributed by atoms with Gasteiger partial charge in [-0.15, -0.1) is 11.3 Å². The van der Waals surface area contributed by atoms with Crippen LogP contribution in [-0.2, 0) is 6.61 Å². The number of aromatic nitrogens is 1. The molecule has 5 aromatic rings. The van der Waals surface area contributed by atoms with Crippen molar-refractivity contribution < 1.29 is 13.9 Å². The Balaban J connectivity index is 1.14. The highest BCUT2D eigenvalue weighted by Crippen LogP contribution is 2.28. The van der Waals surface area contributed by atoms with Crippen molar-refractivity contribution in [1.29, 1.82) is 0 Å². The predicted molar refractivity (Wildman–Crippen MR) is 155 cm³/mol. The first-order valence-electron chi connectivity index (χ1n) is 11.9. The molecule has 0 aliphatic rings. The first-order valence-corrected chi connectivity index (χ1v) is 13.2. The number of rotatable bonds is 9. The molecule has 1 amide bonds. The molecule has 5 rings (SSSR count). The van der Waals surface area contributed by atoms with Crippen LogP contribution < -0.4 is 15.5 Å². The number of hydrazone groups is 1. The molecule has 4 aromatic carbocycles. The monoisotopic (exact) mass is 556 g/mol. The Bertz CT molecular complexity index is 1610. The Morgan fingerprint density at radius 3 is 2.59 bits per heavy atom. The highest BCUT2D eigenvalue weighted by molar-refractivity contribution is 7.14. The summed E-state index contributed by atoms with van der Waals surface area (Å²) in [6, 6.07) is 28.3. The van der Waals surface area contributed by atoms with E-state index in [9.17, 15) is 9.18 Å². The second-order valence-corrected chi connectivity index (χ2v) is 9.68. The van der Waals surface area contributed by atoms with E-state index in [2.05, 4.69) is 20.8 Å². The summed E-state index contributed by atoms with van der Waals surface area (Å²) >= 11 is 7.83. The molecule has 0 saturated carbocycles. The molecule has 1 heterocycles. The lowest BCUT2D eigenvalue weighted by atomic mass is 10.1. The highest BCUT2D eigenvalue weighted by Gasteiger charge is 2.09. The minimum atomic E-state index is -0.344. The summed E-state index contributed by atoms with van der Waals surface area (Å²) in [5, 5.41) is 10.4. The second-order valence-electron chi connectivity index (χ2n) is 8.41. The molecule has 0 unspecified atom stereocenters. The minimum Gasteiger partial charge on any atom is -0.487 e. The van der Waals surface area contributed by atoms with Crippen molar-refractivity contribution in [3.8, 4) is 17.0 Å². The Morgan fingerprint density at radius 2 is 1.82 bits per heavy atom. The molecule has 6 nitrogen and oxygen atoms in total. The summed E-state index contributed by atoms with van der Waals surface area (Å²) < 4.78 is 19.0. The van der Waals surface area contributed by atoms with E-state index in [1.165, 1.54) is 29.7 Å². The Kier molecular flexibility index (Phi) is 8.26. The van der Waals surface area contributed by atoms with Gasteiger partial charge >= 0.3 is 0 Å². The van der Waals surface area contributed by atoms with E-state index in [0.717, 1.165) is 22.1 Å². The SMILES string of the molecule is O=C(N/N=C\c1ccc(OCc2cccc(F)c2)c(Cl)c1)c1ccc(-c2csc(Nc3ccccc3)n2)cc1. The average molecular weight is 557 g/mol. The molecule has 194 valence electrons. The van der Waals surface area contributed by atoms with Crippen molar-refractivity contribution in [2.24, 2.45) is 5.10 Å². The summed E-state index contributed by atoms with van der Waals surface area (Å²) in [5.74, 6) is -0.203. The summed E-state index contributed by atoms with van der Waals surface area (Å²) in [5.41, 5.74) is 7.06. The molecule has 0 fully saturated rings. The number of amides is 1. The van der Waals surface area contributed by atoms with Crippen LogP contribution >= 0.6 is 22.9 Å². The molecule has 0 radical (unpaired) electrons. The number of carbonyl (C=O) groups excluding carboxylic acids is 1. The first kappa shape index (κ1) is 26.1. The maximum absolute atomic E-state index is 13.3. The number of benzene rings is 4. The van der Waals surface area contributed by atoms with Gasteiger partial charge in [-0.05, 0) is 65.7 Å². The van der Waals surface area contributed by atoms with Gasteiger partial charge in [-0.3, -0.25) is 4.79 Å². The fourth-order valence-electron chi connectivity index (χ4n) is 3.63. The number of nitrogens with zero attached hydrogens (tertiary/aromatic N) is 2. The summed E-state index contributed by atoms with van der Waals surface area (Å²) in [4.78, 5) is 17.2. The number of thiazole rings is 1. The molecule has 9 heteroatoms. The van der Waals surface area contributed by atoms with Gasteiger partial charge < -0.3 is 10.1 Å². The summed E-state index contributed by atoms with van der Waals surface area (Å²) in [7, 11) is 0. The molecular formula is C30H22ClFN4O2S. The molecule has 0 atom stereocenters. The molecule has 0 bridgehead atoms. The lowest BCUT2D eigenvalue weighted by Gasteiger charge is -2.08. The van der Waals surface area contributed by atoms with E-state index in [0.29, 0.717) is 27.5 Å². The van der Waals surface area contributed by atoms with Crippen LogP contribution in [0.25, 0.3) is 11.3 Å². The molecule has 2 N–H and O–H groups in total. The third-order valence-electron chi connectivity index (χ3n) is 5.59. The van der Waals surface area contributed by atoms with Gasteiger partial charge in [0.1, 0.15) is 18.2 Å². The number of ether oxygens (including phenoxy) is 1. The molecule has 0 aliphatic carbocycles. The van der Waals surface area contributed by atoms with Crippen molar-refractivity contribution in [3.05, 3.63) is 130 Å². The van der Waals surface area contributed by atoms with Gasteiger partial charge in [-0.25, -0.2) is 14.8 Å². The van der Waals surface area contributed by atoms with Crippen LogP contribution in [0.15, 0.2) is 108 Å². The number of hydrogen-bond acceptors (Lipinski definition) is 6. The molecule has 0 aliphatic heterocycles. The first-order chi connectivity index (χ1) is 19.0. The quantitative estimate of drug-likeness (QED) is 0.144. The largest absolute Gasteiger partial charge is 0.487 e. The zero-order valence-corrected chi connectivity index (χ0v) is 22.0. The topological polar surface area (TPSA) is 75.6 Å². The number of halogens is 2. The molecule has 39 heavy (non-hydrogen) atoms. The van der Waals surface area contributed by atoms with Crippen LogP contribution in [0.5, 0.6) is 5.75 Å². The highest BCUT2D eigenvalue weighted by atomic mass is 35.5. The Morgan fingerprint density at radius 1 is 1.00 bits per heavy atom. The maximum Gasteiger partial charge on any atom is 0.271 e. The fraction of sp³-hybridized carbons (Fsp3) is 0.0333. The number of anilines is 2. The van der Waals surface area contributed by atoms with Crippen molar-refractivity contribution in [3.63, 3.8) is 0 Å². The van der Waals surface area contributed by atoms with Gasteiger partial charge in [0.25, 0.3) is 5.91 Å². The van der Waals surface area contributed by atoms with Crippen molar-refractivity contribution >= 4 is 45.9 Å². The number of carbonyl (C=O) groups is 1. The van der Waals surface area contributed by atoms with Gasteiger partial charge in [-0.2, -0.15) is 5.10 Å². The average Bonchev–Trinajstić information content (AvgIpc) is 3.41. The lowest BCUT2D eigenvalue weighted by molar-refractivity contribution is 0.0955. The standard InChI is InChI=1S/C30H22ClFN4O2S/c31-26-16-20(9-14-28(26)38-18-21-5-4-6-24(32)15-21)17-33-36-29(37)23-12-10-22(11-13-23)27-19-39-30(35-27)34-25-7-2-1-3-8-25/h1-17,19H,18H2,(H,34,35)(H,36,37)/b33-17-. The van der Waals surface area contributed by atoms with Crippen LogP contribution in [-0.4, -0.2) is 17.1 Å². The zero-order valence-electron chi connectivity index (χ0n) is 20.5. The van der Waals surface area contributed by atoms with E-state index in [-0.39, 0.29) is 18.3 Å². The summed E-state index contributed by atoms with van der Waals surface area (Å²) in [6.45, 7) is 0.188. The van der Waals surface area contributed by atoms with Crippen molar-refractivity contribution in [2.45, 2.75) is 6.61 Å². The normalized spacial score (nSPS) is 10.9. The zero-order chi connectivity index (χ0) is 27.0. The number of hydrogen-bond donors (Lipinski definition) is 2. The van der Waals surface area contributed by atoms with Crippen LogP contribution in [0.2, 0.25) is 5.02 Å². The third-order valence-corrected chi connectivity index (χ3v) is 6.64. The van der Waals surface area contributed by atoms with Gasteiger partial charge in [-0.1, -0.05) is 54.1 Å². The fourth-order valence-corrected chi connectivity index (χ4v) is 4.62. The van der Waals surface area contributed by atoms with Crippen LogP contribution in [0.1, 0.15) is 21.5 Å². The summed E-state index contributed by atoms with van der Waals surface area (Å²) in [6.07, 6.45) is 1.49. The molecule has 0 spiro atoms. The predicted octanol–water partition coefficient (Wildman–Crippen LogP) is 7.69. The Hall–Kier alpha value is -4.53. The number of para-hydroxylation sites is 1. The second kappa shape index (κ2) is 12.3. The molecule has 1 aromatic heterocycles. The van der Waals surface area contributed by atoms with Gasteiger partial charge in [0.05, 0.1) is 16.9 Å². The van der Waals surface area contributed by atoms with E-state index in [4.69, 9.17) is 16.3 Å². The van der Waals surface area contributed by atoms with E-state index < -0.39 is 0 Å². The van der Waals surface area contributed by atoms with E-state index >= 15 is 0 Å². The van der Waals surface area contributed by atoms with Crippen molar-refractivity contribution in [1.82, 2.24) is 10.4 Å². The number of nitrogens with one attached hydrogen (secondary N) is 2. The lowest BCUT2D eigenvalue weighted by Crippen LogP contribution is -2.17. The van der Waals surface area contributed by atoms with Gasteiger partial charge in [0, 0.05) is 22.2 Å². The van der Waals surface area contributed by atoms with E-state index in [1.807, 2.05) is 47.8 Å². The van der Waals surface area contributed by atoms with Crippen LogP contribution in [0.3, 0.4) is 0 Å². The van der Waals surface area contributed by atoms with Crippen molar-refractivity contribution in [2.75, 3.05) is 5.32 Å². The Labute approximate surface area is 233 Å². The van der Waals surface area contributed by atoms with Gasteiger partial charge in [0.2, 0.25) is 0 Å². The molecule has 0 saturated heterocycles. The smallest absolute Gasteiger partial charge is 0.271 e.